The van der Waals surface area contributed by atoms with Crippen LogP contribution in [0.3, 0.4) is 0 Å². The van der Waals surface area contributed by atoms with Gasteiger partial charge < -0.3 is 15.0 Å². The van der Waals surface area contributed by atoms with E-state index in [2.05, 4.69) is 0 Å². The second-order valence-electron chi connectivity index (χ2n) is 0.141. The lowest BCUT2D eigenvalue weighted by Gasteiger charge is -1.55. The minimum atomic E-state index is -0.750. The molecule has 0 fully saturated rings. The van der Waals surface area contributed by atoms with E-state index in [1.54, 1.807) is 0 Å². The van der Waals surface area contributed by atoms with Crippen molar-refractivity contribution >= 4 is 6.79 Å². The number of carbonyl (C=O) groups is 1. The first-order valence-corrected chi connectivity index (χ1v) is 0.921. The molecule has 0 aliphatic carbocycles. The van der Waals surface area contributed by atoms with E-state index in [-0.39, 0.29) is 0 Å². The fraction of sp³-hybridized carbons (Fsp3) is 0.500. The Hall–Kier alpha value is -0.410. The van der Waals surface area contributed by atoms with Crippen LogP contribution in [0.1, 0.15) is 0 Å². The van der Waals surface area contributed by atoms with Crippen LogP contribution in [-0.4, -0.2) is 23.8 Å². The molecule has 0 saturated carbocycles. The number of hydrogen-bond acceptors (Lipinski definition) is 3. The van der Waals surface area contributed by atoms with E-state index in [1.807, 2.05) is 6.79 Å². The molecule has 0 saturated heterocycles. The topological polar surface area (TPSA) is 57.5 Å². The summed E-state index contributed by atoms with van der Waals surface area (Å²) in [7, 11) is 0. The highest BCUT2D eigenvalue weighted by molar-refractivity contribution is 5.10. The molecule has 0 aliphatic heterocycles. The highest BCUT2D eigenvalue weighted by Crippen LogP contribution is 1.17. The maximum atomic E-state index is 8.00. The van der Waals surface area contributed by atoms with Crippen molar-refractivity contribution < 1.29 is 15.0 Å². The molecule has 3 nitrogen and oxygen atoms in total. The first-order chi connectivity index (χ1) is 2.41. The van der Waals surface area contributed by atoms with E-state index in [0.29, 0.717) is 0 Å². The van der Waals surface area contributed by atoms with Crippen LogP contribution >= 0.6 is 0 Å². The largest absolute Gasteiger partial charge is 0.371 e. The van der Waals surface area contributed by atoms with Gasteiger partial charge in [0.1, 0.15) is 13.6 Å². The Morgan fingerprint density at radius 2 is 1.40 bits per heavy atom. The molecule has 0 bridgehead atoms. The van der Waals surface area contributed by atoms with Gasteiger partial charge in [-0.15, -0.1) is 0 Å². The van der Waals surface area contributed by atoms with E-state index in [4.69, 9.17) is 15.0 Å². The van der Waals surface area contributed by atoms with E-state index >= 15 is 0 Å². The second-order valence-corrected chi connectivity index (χ2v) is 0.141. The Bertz CT molecular complexity index is 8.85. The lowest BCUT2D eigenvalue weighted by molar-refractivity contribution is -0.0979. The van der Waals surface area contributed by atoms with Crippen molar-refractivity contribution in [3.63, 3.8) is 0 Å². The van der Waals surface area contributed by atoms with Gasteiger partial charge in [-0.25, -0.2) is 0 Å². The smallest absolute Gasteiger partial charge is 0.140 e. The molecule has 0 unspecified atom stereocenters. The van der Waals surface area contributed by atoms with Crippen LogP contribution in [0.25, 0.3) is 0 Å². The van der Waals surface area contributed by atoms with Gasteiger partial charge in [0.2, 0.25) is 0 Å². The normalized spacial score (nSPS) is 4.40. The molecule has 5 heavy (non-hydrogen) atoms. The van der Waals surface area contributed by atoms with Crippen molar-refractivity contribution in [2.45, 2.75) is 0 Å². The lowest BCUT2D eigenvalue weighted by atomic mass is 11.6. The molecule has 0 radical (unpaired) electrons. The third kappa shape index (κ3) is 54.0. The van der Waals surface area contributed by atoms with Crippen LogP contribution < -0.4 is 0 Å². The van der Waals surface area contributed by atoms with Crippen LogP contribution in [0.5, 0.6) is 0 Å². The third-order valence-electron chi connectivity index (χ3n) is 0. The first kappa shape index (κ1) is 8.82. The maximum absolute atomic E-state index is 8.00. The van der Waals surface area contributed by atoms with E-state index in [9.17, 15) is 0 Å². The molecule has 0 aliphatic rings. The molecule has 2 N–H and O–H groups in total. The summed E-state index contributed by atoms with van der Waals surface area (Å²) in [6.07, 6.45) is 0. The summed E-state index contributed by atoms with van der Waals surface area (Å²) in [5.74, 6) is 0. The molecule has 3 heteroatoms. The predicted octanol–water partition coefficient (Wildman–Crippen LogP) is -1.26. The molecule has 0 rings (SSSR count). The zero-order valence-corrected chi connectivity index (χ0v) is 2.72. The predicted molar refractivity (Wildman–Crippen MR) is 16.4 cm³/mol. The molecular weight excluding hydrogens is 72.0 g/mol. The quantitative estimate of drug-likeness (QED) is 0.356. The van der Waals surface area contributed by atoms with Crippen molar-refractivity contribution in [3.05, 3.63) is 0 Å². The number of carbonyl (C=O) groups excluding carboxylic acids is 1. The maximum Gasteiger partial charge on any atom is 0.140 e. The van der Waals surface area contributed by atoms with Crippen molar-refractivity contribution in [2.75, 3.05) is 6.79 Å². The van der Waals surface area contributed by atoms with Gasteiger partial charge in [0.25, 0.3) is 0 Å². The second kappa shape index (κ2) is 69.2. The molecule has 0 aromatic carbocycles. The Balaban J connectivity index is 0. The fourth-order valence-electron chi connectivity index (χ4n) is 0. The highest BCUT2D eigenvalue weighted by atomic mass is 16.5. The summed E-state index contributed by atoms with van der Waals surface area (Å²) < 4.78 is 0. The molecule has 32 valence electrons. The molecule has 0 atom stereocenters. The molecule has 0 aromatic heterocycles. The zero-order valence-electron chi connectivity index (χ0n) is 2.72. The van der Waals surface area contributed by atoms with Gasteiger partial charge in [-0.2, -0.15) is 0 Å². The number of aliphatic hydroxyl groups is 2. The Morgan fingerprint density at radius 3 is 1.40 bits per heavy atom. The van der Waals surface area contributed by atoms with Crippen molar-refractivity contribution in [3.8, 4) is 0 Å². The van der Waals surface area contributed by atoms with Gasteiger partial charge in [0, 0.05) is 0 Å². The SMILES string of the molecule is C=O.OCO. The molecular formula is C2H6O3. The number of rotatable bonds is 0. The average molecular weight is 78.1 g/mol. The first-order valence-electron chi connectivity index (χ1n) is 0.921. The van der Waals surface area contributed by atoms with Gasteiger partial charge in [-0.3, -0.25) is 0 Å². The van der Waals surface area contributed by atoms with Crippen molar-refractivity contribution in [1.82, 2.24) is 0 Å². The van der Waals surface area contributed by atoms with E-state index in [0.717, 1.165) is 0 Å². The van der Waals surface area contributed by atoms with Crippen LogP contribution in [0.2, 0.25) is 0 Å². The Labute approximate surface area is 29.9 Å². The number of aliphatic hydroxyl groups excluding tert-OH is 1. The van der Waals surface area contributed by atoms with Gasteiger partial charge in [0.15, 0.2) is 0 Å². The summed E-state index contributed by atoms with van der Waals surface area (Å²) in [6, 6.07) is 0. The Kier molecular flexibility index (Phi) is 122. The van der Waals surface area contributed by atoms with Crippen LogP contribution in [0, 0.1) is 0 Å². The van der Waals surface area contributed by atoms with Crippen LogP contribution in [0.4, 0.5) is 0 Å². The highest BCUT2D eigenvalue weighted by Gasteiger charge is 1.32. The molecule has 0 amide bonds. The number of hydrogen-bond donors (Lipinski definition) is 2. The Morgan fingerprint density at radius 1 is 1.40 bits per heavy atom. The van der Waals surface area contributed by atoms with Crippen LogP contribution in [0.15, 0.2) is 0 Å². The minimum Gasteiger partial charge on any atom is -0.371 e. The third-order valence-corrected chi connectivity index (χ3v) is 0. The molecule has 0 heterocycles. The van der Waals surface area contributed by atoms with Crippen molar-refractivity contribution in [2.24, 2.45) is 0 Å². The van der Waals surface area contributed by atoms with Gasteiger partial charge in [0.05, 0.1) is 0 Å². The zero-order chi connectivity index (χ0) is 4.71. The van der Waals surface area contributed by atoms with E-state index < -0.39 is 6.79 Å². The standard InChI is InChI=1S/CH4O2.CH2O/c2-1-3;1-2/h2-3H,1H2;1H2. The lowest BCUT2D eigenvalue weighted by Crippen LogP contribution is -1.66. The summed E-state index contributed by atoms with van der Waals surface area (Å²) in [5, 5.41) is 14.2. The summed E-state index contributed by atoms with van der Waals surface area (Å²) in [4.78, 5) is 8.00. The monoisotopic (exact) mass is 78.0 g/mol. The summed E-state index contributed by atoms with van der Waals surface area (Å²) in [6.45, 7) is 1.25. The average Bonchev–Trinajstić information content (AvgIpc) is 1.46. The van der Waals surface area contributed by atoms with Gasteiger partial charge in [-0.05, 0) is 0 Å². The summed E-state index contributed by atoms with van der Waals surface area (Å²) >= 11 is 0. The van der Waals surface area contributed by atoms with E-state index in [1.165, 1.54) is 0 Å². The van der Waals surface area contributed by atoms with Crippen LogP contribution in [-0.2, 0) is 4.79 Å². The molecule has 0 aromatic rings. The van der Waals surface area contributed by atoms with Gasteiger partial charge in [-0.1, -0.05) is 0 Å². The van der Waals surface area contributed by atoms with Gasteiger partial charge >= 0.3 is 0 Å². The molecule has 0 spiro atoms. The summed E-state index contributed by atoms with van der Waals surface area (Å²) in [5.41, 5.74) is 0. The van der Waals surface area contributed by atoms with Crippen molar-refractivity contribution in [1.29, 1.82) is 0 Å². The fourth-order valence-corrected chi connectivity index (χ4v) is 0. The minimum absolute atomic E-state index is 0.750.